The number of benzene rings is 3. The number of hydrogen-bond donors (Lipinski definition) is 1. The molecule has 0 atom stereocenters. The van der Waals surface area contributed by atoms with E-state index in [0.717, 1.165) is 5.56 Å². The molecule has 0 radical (unpaired) electrons. The first kappa shape index (κ1) is 18.8. The predicted octanol–water partition coefficient (Wildman–Crippen LogP) is 6.63. The van der Waals surface area contributed by atoms with Crippen LogP contribution in [-0.2, 0) is 6.42 Å². The highest BCUT2D eigenvalue weighted by atomic mass is 35.5. The Balaban J connectivity index is 1.54. The van der Waals surface area contributed by atoms with Gasteiger partial charge in [-0.2, -0.15) is 0 Å². The van der Waals surface area contributed by atoms with E-state index in [-0.39, 0.29) is 10.9 Å². The van der Waals surface area contributed by atoms with Gasteiger partial charge in [0.1, 0.15) is 5.52 Å². The molecular formula is C21H13Cl3N2O2. The Labute approximate surface area is 176 Å². The van der Waals surface area contributed by atoms with Gasteiger partial charge in [-0.15, -0.1) is 0 Å². The predicted molar refractivity (Wildman–Crippen MR) is 113 cm³/mol. The molecule has 0 aliphatic carbocycles. The van der Waals surface area contributed by atoms with Crippen LogP contribution in [0.2, 0.25) is 15.1 Å². The Morgan fingerprint density at radius 3 is 2.43 bits per heavy atom. The summed E-state index contributed by atoms with van der Waals surface area (Å²) >= 11 is 17.9. The van der Waals surface area contributed by atoms with Crippen molar-refractivity contribution in [2.75, 3.05) is 5.32 Å². The van der Waals surface area contributed by atoms with Gasteiger partial charge in [0.25, 0.3) is 5.91 Å². The van der Waals surface area contributed by atoms with E-state index in [1.54, 1.807) is 30.3 Å². The van der Waals surface area contributed by atoms with Gasteiger partial charge in [-0.05, 0) is 54.1 Å². The maximum absolute atomic E-state index is 12.5. The number of amides is 1. The molecule has 4 nitrogen and oxygen atoms in total. The molecule has 0 unspecified atom stereocenters. The Morgan fingerprint density at radius 1 is 0.929 bits per heavy atom. The van der Waals surface area contributed by atoms with Crippen molar-refractivity contribution in [2.45, 2.75) is 6.42 Å². The minimum absolute atomic E-state index is 0.290. The fourth-order valence-electron chi connectivity index (χ4n) is 2.78. The molecule has 1 heterocycles. The first-order valence-corrected chi connectivity index (χ1v) is 9.51. The molecule has 4 aromatic rings. The quantitative estimate of drug-likeness (QED) is 0.394. The third-order valence-corrected chi connectivity index (χ3v) is 4.93. The van der Waals surface area contributed by atoms with Crippen LogP contribution in [0, 0.1) is 0 Å². The van der Waals surface area contributed by atoms with Gasteiger partial charge >= 0.3 is 0 Å². The summed E-state index contributed by atoms with van der Waals surface area (Å²) in [6.07, 6.45) is 0.550. The standard InChI is InChI=1S/C21H13Cl3N2O2/c22-13-3-1-12(2-4-13)9-20-26-18-11-15(6-8-19(18)28-20)25-21(27)16-7-5-14(23)10-17(16)24/h1-8,10-11H,9H2,(H,25,27). The lowest BCUT2D eigenvalue weighted by atomic mass is 10.1. The van der Waals surface area contributed by atoms with Gasteiger partial charge in [-0.1, -0.05) is 46.9 Å². The lowest BCUT2D eigenvalue weighted by molar-refractivity contribution is 0.102. The van der Waals surface area contributed by atoms with Crippen LogP contribution < -0.4 is 5.32 Å². The van der Waals surface area contributed by atoms with E-state index in [1.807, 2.05) is 24.3 Å². The molecule has 1 N–H and O–H groups in total. The topological polar surface area (TPSA) is 55.1 Å². The van der Waals surface area contributed by atoms with E-state index in [2.05, 4.69) is 10.3 Å². The summed E-state index contributed by atoms with van der Waals surface area (Å²) in [5.41, 5.74) is 3.28. The van der Waals surface area contributed by atoms with E-state index in [0.29, 0.717) is 44.7 Å². The summed E-state index contributed by atoms with van der Waals surface area (Å²) in [4.78, 5) is 17.0. The Hall–Kier alpha value is -2.53. The largest absolute Gasteiger partial charge is 0.440 e. The summed E-state index contributed by atoms with van der Waals surface area (Å²) < 4.78 is 5.79. The molecule has 4 rings (SSSR count). The average molecular weight is 432 g/mol. The van der Waals surface area contributed by atoms with Crippen LogP contribution in [0.3, 0.4) is 0 Å². The lowest BCUT2D eigenvalue weighted by Gasteiger charge is -2.06. The molecular weight excluding hydrogens is 419 g/mol. The number of anilines is 1. The van der Waals surface area contributed by atoms with E-state index >= 15 is 0 Å². The molecule has 0 aliphatic heterocycles. The highest BCUT2D eigenvalue weighted by Crippen LogP contribution is 2.25. The van der Waals surface area contributed by atoms with Crippen molar-refractivity contribution >= 4 is 57.5 Å². The van der Waals surface area contributed by atoms with Crippen molar-refractivity contribution in [1.82, 2.24) is 4.98 Å². The maximum Gasteiger partial charge on any atom is 0.257 e. The number of nitrogens with one attached hydrogen (secondary N) is 1. The van der Waals surface area contributed by atoms with Gasteiger partial charge in [-0.3, -0.25) is 4.79 Å². The van der Waals surface area contributed by atoms with Crippen LogP contribution in [-0.4, -0.2) is 10.9 Å². The average Bonchev–Trinajstić information content (AvgIpc) is 3.05. The summed E-state index contributed by atoms with van der Waals surface area (Å²) in [5.74, 6) is 0.257. The first-order valence-electron chi connectivity index (χ1n) is 8.38. The Morgan fingerprint density at radius 2 is 1.68 bits per heavy atom. The van der Waals surface area contributed by atoms with E-state index in [4.69, 9.17) is 39.2 Å². The van der Waals surface area contributed by atoms with E-state index < -0.39 is 0 Å². The molecule has 0 spiro atoms. The third-order valence-electron chi connectivity index (χ3n) is 4.13. The van der Waals surface area contributed by atoms with Crippen LogP contribution in [0.25, 0.3) is 11.1 Å². The van der Waals surface area contributed by atoms with Crippen LogP contribution in [0.4, 0.5) is 5.69 Å². The number of carbonyl (C=O) groups is 1. The molecule has 1 aromatic heterocycles. The molecule has 0 bridgehead atoms. The summed E-state index contributed by atoms with van der Waals surface area (Å²) in [5, 5.41) is 4.26. The van der Waals surface area contributed by atoms with Gasteiger partial charge < -0.3 is 9.73 Å². The number of nitrogens with zero attached hydrogens (tertiary/aromatic N) is 1. The van der Waals surface area contributed by atoms with E-state index in [9.17, 15) is 4.79 Å². The summed E-state index contributed by atoms with van der Waals surface area (Å²) in [6.45, 7) is 0. The lowest BCUT2D eigenvalue weighted by Crippen LogP contribution is -2.12. The third kappa shape index (κ3) is 4.14. The maximum atomic E-state index is 12.5. The Bertz CT molecular complexity index is 1170. The second kappa shape index (κ2) is 7.84. The molecule has 7 heteroatoms. The normalized spacial score (nSPS) is 11.0. The van der Waals surface area contributed by atoms with Crippen molar-refractivity contribution < 1.29 is 9.21 Å². The number of oxazole rings is 1. The fraction of sp³-hybridized carbons (Fsp3) is 0.0476. The van der Waals surface area contributed by atoms with Crippen LogP contribution in [0.1, 0.15) is 21.8 Å². The van der Waals surface area contributed by atoms with Crippen LogP contribution >= 0.6 is 34.8 Å². The smallest absolute Gasteiger partial charge is 0.257 e. The van der Waals surface area contributed by atoms with Gasteiger partial charge in [0.05, 0.1) is 10.6 Å². The van der Waals surface area contributed by atoms with Gasteiger partial charge in [-0.25, -0.2) is 4.98 Å². The minimum Gasteiger partial charge on any atom is -0.440 e. The zero-order chi connectivity index (χ0) is 19.7. The summed E-state index contributed by atoms with van der Waals surface area (Å²) in [7, 11) is 0. The molecule has 0 saturated heterocycles. The SMILES string of the molecule is O=C(Nc1ccc2oc(Cc3ccc(Cl)cc3)nc2c1)c1ccc(Cl)cc1Cl. The van der Waals surface area contributed by atoms with E-state index in [1.165, 1.54) is 6.07 Å². The molecule has 0 fully saturated rings. The highest BCUT2D eigenvalue weighted by Gasteiger charge is 2.13. The second-order valence-corrected chi connectivity index (χ2v) is 7.45. The second-order valence-electron chi connectivity index (χ2n) is 6.17. The van der Waals surface area contributed by atoms with Gasteiger partial charge in [0.15, 0.2) is 11.5 Å². The highest BCUT2D eigenvalue weighted by molar-refractivity contribution is 6.37. The zero-order valence-corrected chi connectivity index (χ0v) is 16.6. The van der Waals surface area contributed by atoms with Crippen molar-refractivity contribution in [3.63, 3.8) is 0 Å². The minimum atomic E-state index is -0.328. The molecule has 1 amide bonds. The van der Waals surface area contributed by atoms with Crippen molar-refractivity contribution in [1.29, 1.82) is 0 Å². The molecule has 0 aliphatic rings. The van der Waals surface area contributed by atoms with Gasteiger partial charge in [0.2, 0.25) is 0 Å². The van der Waals surface area contributed by atoms with Crippen molar-refractivity contribution in [2.24, 2.45) is 0 Å². The monoisotopic (exact) mass is 430 g/mol. The first-order chi connectivity index (χ1) is 13.5. The zero-order valence-electron chi connectivity index (χ0n) is 14.4. The molecule has 28 heavy (non-hydrogen) atoms. The number of aromatic nitrogens is 1. The van der Waals surface area contributed by atoms with Crippen molar-refractivity contribution in [3.8, 4) is 0 Å². The molecule has 140 valence electrons. The van der Waals surface area contributed by atoms with Crippen molar-refractivity contribution in [3.05, 3.63) is 92.7 Å². The summed E-state index contributed by atoms with van der Waals surface area (Å²) in [6, 6.07) is 17.5. The number of fused-ring (bicyclic) bond motifs is 1. The van der Waals surface area contributed by atoms with Gasteiger partial charge in [0, 0.05) is 22.2 Å². The van der Waals surface area contributed by atoms with Crippen LogP contribution in [0.15, 0.2) is 65.1 Å². The number of carbonyl (C=O) groups excluding carboxylic acids is 1. The molecule has 0 saturated carbocycles. The fourth-order valence-corrected chi connectivity index (χ4v) is 3.40. The number of halogens is 3. The number of rotatable bonds is 4. The Kier molecular flexibility index (Phi) is 5.27. The number of hydrogen-bond acceptors (Lipinski definition) is 3. The van der Waals surface area contributed by atoms with Crippen LogP contribution in [0.5, 0.6) is 0 Å². The molecule has 3 aromatic carbocycles.